The quantitative estimate of drug-likeness (QED) is 0.782. The van der Waals surface area contributed by atoms with Gasteiger partial charge in [0.15, 0.2) is 0 Å². The average Bonchev–Trinajstić information content (AvgIpc) is 2.44. The highest BCUT2D eigenvalue weighted by Gasteiger charge is 2.28. The van der Waals surface area contributed by atoms with Crippen molar-refractivity contribution in [2.45, 2.75) is 10.9 Å². The van der Waals surface area contributed by atoms with Gasteiger partial charge in [-0.05, 0) is 22.9 Å². The third kappa shape index (κ3) is 4.50. The SMILES string of the molecule is CS(=O)(=O)C[C@H](NS(=O)(=O)c1ccc2ccccc2c1)C(=O)O. The van der Waals surface area contributed by atoms with Gasteiger partial charge in [0.2, 0.25) is 10.0 Å². The lowest BCUT2D eigenvalue weighted by Gasteiger charge is -2.14. The Labute approximate surface area is 133 Å². The van der Waals surface area contributed by atoms with E-state index in [4.69, 9.17) is 5.11 Å². The van der Waals surface area contributed by atoms with Crippen molar-refractivity contribution in [3.63, 3.8) is 0 Å². The number of aliphatic carboxylic acids is 1. The third-order valence-electron chi connectivity index (χ3n) is 3.10. The van der Waals surface area contributed by atoms with E-state index < -0.39 is 37.6 Å². The van der Waals surface area contributed by atoms with E-state index in [1.165, 1.54) is 12.1 Å². The topological polar surface area (TPSA) is 118 Å². The van der Waals surface area contributed by atoms with Crippen LogP contribution in [0.3, 0.4) is 0 Å². The highest BCUT2D eigenvalue weighted by Crippen LogP contribution is 2.19. The van der Waals surface area contributed by atoms with Gasteiger partial charge in [-0.25, -0.2) is 16.8 Å². The Morgan fingerprint density at radius 1 is 1.09 bits per heavy atom. The van der Waals surface area contributed by atoms with Crippen LogP contribution in [0.5, 0.6) is 0 Å². The van der Waals surface area contributed by atoms with Crippen molar-refractivity contribution < 1.29 is 26.7 Å². The van der Waals surface area contributed by atoms with Gasteiger partial charge in [0.1, 0.15) is 15.9 Å². The molecule has 9 heteroatoms. The van der Waals surface area contributed by atoms with Crippen LogP contribution in [0.25, 0.3) is 10.8 Å². The van der Waals surface area contributed by atoms with Crippen LogP contribution in [-0.4, -0.2) is 46.0 Å². The molecule has 0 spiro atoms. The van der Waals surface area contributed by atoms with E-state index in [0.717, 1.165) is 11.6 Å². The predicted octanol–water partition coefficient (Wildman–Crippen LogP) is 0.616. The number of benzene rings is 2. The third-order valence-corrected chi connectivity index (χ3v) is 5.50. The standard InChI is InChI=1S/C14H15NO6S2/c1-22(18,19)9-13(14(16)17)15-23(20,21)12-7-6-10-4-2-3-5-11(10)8-12/h2-8,13,15H,9H2,1H3,(H,16,17)/t13-/m0/s1. The first-order valence-electron chi connectivity index (χ1n) is 6.50. The van der Waals surface area contributed by atoms with Crippen LogP contribution in [0.15, 0.2) is 47.4 Å². The number of rotatable bonds is 6. The molecule has 0 saturated heterocycles. The molecule has 0 heterocycles. The smallest absolute Gasteiger partial charge is 0.322 e. The highest BCUT2D eigenvalue weighted by molar-refractivity contribution is 7.91. The summed E-state index contributed by atoms with van der Waals surface area (Å²) >= 11 is 0. The molecule has 0 unspecified atom stereocenters. The number of carbonyl (C=O) groups is 1. The Bertz CT molecular complexity index is 950. The van der Waals surface area contributed by atoms with Crippen LogP contribution < -0.4 is 4.72 Å². The number of sulfone groups is 1. The molecule has 0 amide bonds. The summed E-state index contributed by atoms with van der Waals surface area (Å²) in [6.07, 6.45) is 0.841. The minimum atomic E-state index is -4.16. The molecular formula is C14H15NO6S2. The molecular weight excluding hydrogens is 342 g/mol. The summed E-state index contributed by atoms with van der Waals surface area (Å²) < 4.78 is 49.0. The fourth-order valence-corrected chi connectivity index (χ4v) is 4.21. The molecule has 124 valence electrons. The van der Waals surface area contributed by atoms with E-state index in [1.807, 2.05) is 10.8 Å². The monoisotopic (exact) mass is 357 g/mol. The molecule has 0 fully saturated rings. The van der Waals surface area contributed by atoms with Gasteiger partial charge in [0.25, 0.3) is 0 Å². The van der Waals surface area contributed by atoms with Crippen LogP contribution >= 0.6 is 0 Å². The average molecular weight is 357 g/mol. The van der Waals surface area contributed by atoms with E-state index in [9.17, 15) is 21.6 Å². The Morgan fingerprint density at radius 3 is 2.26 bits per heavy atom. The predicted molar refractivity (Wildman–Crippen MR) is 85.4 cm³/mol. The fourth-order valence-electron chi connectivity index (χ4n) is 2.05. The highest BCUT2D eigenvalue weighted by atomic mass is 32.2. The summed E-state index contributed by atoms with van der Waals surface area (Å²) in [5.74, 6) is -2.38. The van der Waals surface area contributed by atoms with E-state index in [0.29, 0.717) is 5.39 Å². The second-order valence-corrected chi connectivity index (χ2v) is 9.01. The maximum atomic E-state index is 12.3. The van der Waals surface area contributed by atoms with Crippen LogP contribution in [0, 0.1) is 0 Å². The number of carboxylic acid groups (broad SMARTS) is 1. The van der Waals surface area contributed by atoms with Crippen molar-refractivity contribution in [2.75, 3.05) is 12.0 Å². The minimum Gasteiger partial charge on any atom is -0.480 e. The Hall–Kier alpha value is -1.97. The Morgan fingerprint density at radius 2 is 1.70 bits per heavy atom. The molecule has 0 saturated carbocycles. The largest absolute Gasteiger partial charge is 0.480 e. The molecule has 2 aromatic rings. The lowest BCUT2D eigenvalue weighted by atomic mass is 10.1. The normalized spacial score (nSPS) is 13.8. The van der Waals surface area contributed by atoms with Crippen molar-refractivity contribution in [3.05, 3.63) is 42.5 Å². The lowest BCUT2D eigenvalue weighted by molar-refractivity contribution is -0.138. The molecule has 2 N–H and O–H groups in total. The summed E-state index contributed by atoms with van der Waals surface area (Å²) in [6, 6.07) is 9.66. The summed E-state index contributed by atoms with van der Waals surface area (Å²) in [5.41, 5.74) is 0. The Kier molecular flexibility index (Phi) is 4.73. The van der Waals surface area contributed by atoms with Crippen molar-refractivity contribution in [2.24, 2.45) is 0 Å². The van der Waals surface area contributed by atoms with Gasteiger partial charge in [0.05, 0.1) is 10.6 Å². The van der Waals surface area contributed by atoms with Crippen LogP contribution in [-0.2, 0) is 24.7 Å². The van der Waals surface area contributed by atoms with E-state index in [2.05, 4.69) is 0 Å². The van der Waals surface area contributed by atoms with Crippen molar-refractivity contribution >= 4 is 36.6 Å². The van der Waals surface area contributed by atoms with Crippen LogP contribution in [0.2, 0.25) is 0 Å². The first-order chi connectivity index (χ1) is 10.6. The van der Waals surface area contributed by atoms with E-state index >= 15 is 0 Å². The molecule has 2 rings (SSSR count). The molecule has 2 aromatic carbocycles. The molecule has 0 radical (unpaired) electrons. The molecule has 1 atom stereocenters. The maximum Gasteiger partial charge on any atom is 0.322 e. The van der Waals surface area contributed by atoms with Crippen molar-refractivity contribution in [1.29, 1.82) is 0 Å². The maximum absolute atomic E-state index is 12.3. The van der Waals surface area contributed by atoms with Crippen LogP contribution in [0.4, 0.5) is 0 Å². The van der Waals surface area contributed by atoms with Gasteiger partial charge in [0, 0.05) is 6.26 Å². The second-order valence-electron chi connectivity index (χ2n) is 5.11. The first-order valence-corrected chi connectivity index (χ1v) is 10.0. The van der Waals surface area contributed by atoms with Crippen molar-refractivity contribution in [3.8, 4) is 0 Å². The van der Waals surface area contributed by atoms with Gasteiger partial charge >= 0.3 is 5.97 Å². The number of hydrogen-bond acceptors (Lipinski definition) is 5. The number of carboxylic acids is 1. The number of sulfonamides is 1. The molecule has 0 bridgehead atoms. The lowest BCUT2D eigenvalue weighted by Crippen LogP contribution is -2.45. The number of hydrogen-bond donors (Lipinski definition) is 2. The molecule has 0 aliphatic heterocycles. The number of nitrogens with one attached hydrogen (secondary N) is 1. The second kappa shape index (κ2) is 6.26. The Balaban J connectivity index is 2.37. The minimum absolute atomic E-state index is 0.129. The molecule has 23 heavy (non-hydrogen) atoms. The van der Waals surface area contributed by atoms with Gasteiger partial charge in [-0.3, -0.25) is 4.79 Å². The molecule has 0 aliphatic rings. The van der Waals surface area contributed by atoms with Gasteiger partial charge in [-0.1, -0.05) is 30.3 Å². The van der Waals surface area contributed by atoms with Gasteiger partial charge in [-0.15, -0.1) is 0 Å². The van der Waals surface area contributed by atoms with E-state index in [1.54, 1.807) is 24.3 Å². The van der Waals surface area contributed by atoms with Crippen molar-refractivity contribution in [1.82, 2.24) is 4.72 Å². The molecule has 0 aliphatic carbocycles. The van der Waals surface area contributed by atoms with Gasteiger partial charge < -0.3 is 5.11 Å². The number of fused-ring (bicyclic) bond motifs is 1. The summed E-state index contributed by atoms with van der Waals surface area (Å²) in [6.45, 7) is 0. The molecule has 7 nitrogen and oxygen atoms in total. The zero-order valence-corrected chi connectivity index (χ0v) is 13.8. The van der Waals surface area contributed by atoms with Gasteiger partial charge in [-0.2, -0.15) is 4.72 Å². The first kappa shape index (κ1) is 17.4. The summed E-state index contributed by atoms with van der Waals surface area (Å²) in [5, 5.41) is 10.5. The van der Waals surface area contributed by atoms with E-state index in [-0.39, 0.29) is 4.90 Å². The zero-order chi connectivity index (χ0) is 17.3. The zero-order valence-electron chi connectivity index (χ0n) is 12.1. The molecule has 0 aromatic heterocycles. The summed E-state index contributed by atoms with van der Waals surface area (Å²) in [7, 11) is -7.83. The summed E-state index contributed by atoms with van der Waals surface area (Å²) in [4.78, 5) is 11.0. The fraction of sp³-hybridized carbons (Fsp3) is 0.214. The van der Waals surface area contributed by atoms with Crippen LogP contribution in [0.1, 0.15) is 0 Å².